The van der Waals surface area contributed by atoms with Crippen LogP contribution in [0.5, 0.6) is 5.75 Å². The zero-order valence-corrected chi connectivity index (χ0v) is 20.3. The van der Waals surface area contributed by atoms with E-state index in [0.29, 0.717) is 11.1 Å². The zero-order chi connectivity index (χ0) is 22.7. The molecular weight excluding hydrogens is 424 g/mol. The molecule has 1 heterocycles. The Bertz CT molecular complexity index is 1110. The molecule has 0 saturated carbocycles. The van der Waals surface area contributed by atoms with E-state index in [1.165, 1.54) is 30.3 Å². The number of aliphatic carboxylic acids is 1. The third-order valence-electron chi connectivity index (χ3n) is 5.06. The second kappa shape index (κ2) is 11.1. The molecule has 0 aliphatic carbocycles. The number of carboxylic acid groups (broad SMARTS) is 1. The third kappa shape index (κ3) is 5.99. The van der Waals surface area contributed by atoms with Crippen LogP contribution in [0.15, 0.2) is 48.5 Å². The summed E-state index contributed by atoms with van der Waals surface area (Å²) >= 11 is 0. The summed E-state index contributed by atoms with van der Waals surface area (Å²) in [6, 6.07) is 10.8. The van der Waals surface area contributed by atoms with Gasteiger partial charge in [-0.1, -0.05) is 30.3 Å². The molecule has 0 aliphatic heterocycles. The van der Waals surface area contributed by atoms with Crippen LogP contribution in [-0.2, 0) is 4.79 Å². The summed E-state index contributed by atoms with van der Waals surface area (Å²) in [5, 5.41) is 41.6. The fourth-order valence-corrected chi connectivity index (χ4v) is 3.80. The van der Waals surface area contributed by atoms with E-state index >= 15 is 0 Å². The molecule has 0 radical (unpaired) electrons. The molecule has 0 aliphatic rings. The van der Waals surface area contributed by atoms with E-state index in [1.54, 1.807) is 24.3 Å². The Morgan fingerprint density at radius 2 is 1.81 bits per heavy atom. The third-order valence-corrected chi connectivity index (χ3v) is 5.06. The van der Waals surface area contributed by atoms with Gasteiger partial charge in [-0.3, -0.25) is 4.79 Å². The van der Waals surface area contributed by atoms with Crippen molar-refractivity contribution in [1.29, 1.82) is 0 Å². The average Bonchev–Trinajstić information content (AvgIpc) is 2.99. The van der Waals surface area contributed by atoms with E-state index in [2.05, 4.69) is 0 Å². The molecule has 2 unspecified atom stereocenters. The van der Waals surface area contributed by atoms with E-state index < -0.39 is 24.6 Å². The molecule has 6 nitrogen and oxygen atoms in total. The van der Waals surface area contributed by atoms with Gasteiger partial charge in [-0.15, -0.1) is 5.75 Å². The average molecular weight is 449 g/mol. The molecule has 3 rings (SSSR count). The van der Waals surface area contributed by atoms with E-state index in [9.17, 15) is 24.5 Å². The molecule has 0 amide bonds. The smallest absolute Gasteiger partial charge is 0.872 e. The fraction of sp³-hybridized carbons (Fsp3) is 0.292. The molecule has 0 saturated heterocycles. The van der Waals surface area contributed by atoms with Crippen LogP contribution < -0.4 is 34.7 Å². The fourth-order valence-electron chi connectivity index (χ4n) is 3.80. The Labute approximate surface area is 207 Å². The van der Waals surface area contributed by atoms with Gasteiger partial charge in [0.2, 0.25) is 0 Å². The summed E-state index contributed by atoms with van der Waals surface area (Å²) in [4.78, 5) is 10.7. The number of hydrogen-bond donors (Lipinski definition) is 3. The van der Waals surface area contributed by atoms with E-state index in [4.69, 9.17) is 5.11 Å². The molecule has 3 aromatic rings. The number of nitrogens with zero attached hydrogens (tertiary/aromatic N) is 1. The summed E-state index contributed by atoms with van der Waals surface area (Å²) in [5.41, 5.74) is 3.00. The SMILES string of the molecule is CC(C)n1c(/C=C/C(O)CC(O)CC(=O)O)c(-c2ccc(F)cc2)c2cc([O-])ccc21.[Na+]. The molecule has 8 heteroatoms. The van der Waals surface area contributed by atoms with Crippen molar-refractivity contribution in [3.8, 4) is 16.9 Å². The Kier molecular flexibility index (Phi) is 9.07. The predicted molar refractivity (Wildman–Crippen MR) is 115 cm³/mol. The summed E-state index contributed by atoms with van der Waals surface area (Å²) in [5.74, 6) is -1.67. The molecule has 2 aromatic carbocycles. The zero-order valence-electron chi connectivity index (χ0n) is 18.3. The summed E-state index contributed by atoms with van der Waals surface area (Å²) in [6.45, 7) is 3.98. The van der Waals surface area contributed by atoms with Crippen LogP contribution in [0, 0.1) is 5.82 Å². The van der Waals surface area contributed by atoms with E-state index in [-0.39, 0.29) is 53.6 Å². The molecule has 0 spiro atoms. The minimum Gasteiger partial charge on any atom is -0.872 e. The first kappa shape index (κ1) is 26.1. The van der Waals surface area contributed by atoms with Gasteiger partial charge in [0, 0.05) is 34.6 Å². The minimum atomic E-state index is -1.17. The maximum absolute atomic E-state index is 13.5. The van der Waals surface area contributed by atoms with Gasteiger partial charge in [-0.25, -0.2) is 4.39 Å². The molecule has 1 aromatic heterocycles. The Hall–Kier alpha value is -2.16. The van der Waals surface area contributed by atoms with Crippen molar-refractivity contribution in [1.82, 2.24) is 4.57 Å². The number of rotatable bonds is 8. The number of benzene rings is 2. The van der Waals surface area contributed by atoms with Crippen LogP contribution in [-0.4, -0.2) is 38.1 Å². The van der Waals surface area contributed by atoms with Crippen LogP contribution >= 0.6 is 0 Å². The monoisotopic (exact) mass is 449 g/mol. The summed E-state index contributed by atoms with van der Waals surface area (Å²) in [6.07, 6.45) is 0.368. The number of aromatic nitrogens is 1. The van der Waals surface area contributed by atoms with Crippen LogP contribution in [0.25, 0.3) is 28.1 Å². The van der Waals surface area contributed by atoms with Crippen molar-refractivity contribution in [2.75, 3.05) is 0 Å². The first-order valence-corrected chi connectivity index (χ1v) is 10.0. The second-order valence-corrected chi connectivity index (χ2v) is 7.82. The molecule has 3 N–H and O–H groups in total. The van der Waals surface area contributed by atoms with Gasteiger partial charge in [0.15, 0.2) is 0 Å². The van der Waals surface area contributed by atoms with Crippen LogP contribution in [0.3, 0.4) is 0 Å². The first-order chi connectivity index (χ1) is 14.7. The van der Waals surface area contributed by atoms with Gasteiger partial charge in [0.05, 0.1) is 18.6 Å². The molecule has 0 fully saturated rings. The van der Waals surface area contributed by atoms with Crippen molar-refractivity contribution in [2.24, 2.45) is 0 Å². The van der Waals surface area contributed by atoms with E-state index in [1.807, 2.05) is 18.4 Å². The second-order valence-electron chi connectivity index (χ2n) is 7.82. The van der Waals surface area contributed by atoms with Gasteiger partial charge < -0.3 is 25.0 Å². The van der Waals surface area contributed by atoms with Crippen LogP contribution in [0.1, 0.15) is 38.4 Å². The van der Waals surface area contributed by atoms with Gasteiger partial charge in [-0.2, -0.15) is 0 Å². The van der Waals surface area contributed by atoms with Crippen molar-refractivity contribution >= 4 is 22.9 Å². The molecule has 0 bridgehead atoms. The van der Waals surface area contributed by atoms with Crippen molar-refractivity contribution in [3.05, 3.63) is 60.1 Å². The largest absolute Gasteiger partial charge is 1.00 e. The molecule has 2 atom stereocenters. The summed E-state index contributed by atoms with van der Waals surface area (Å²) in [7, 11) is 0. The maximum atomic E-state index is 13.5. The van der Waals surface area contributed by atoms with Gasteiger partial charge in [-0.05, 0) is 43.7 Å². The number of fused-ring (bicyclic) bond motifs is 1. The Balaban J connectivity index is 0.00000363. The normalized spacial score (nSPS) is 13.4. The number of carboxylic acids is 1. The van der Waals surface area contributed by atoms with Crippen LogP contribution in [0.4, 0.5) is 4.39 Å². The maximum Gasteiger partial charge on any atom is 1.00 e. The molecular formula is C24H25FNNaO5. The molecule has 164 valence electrons. The number of aliphatic hydroxyl groups excluding tert-OH is 2. The quantitative estimate of drug-likeness (QED) is 0.439. The topological polar surface area (TPSA) is 106 Å². The van der Waals surface area contributed by atoms with E-state index in [0.717, 1.165) is 16.6 Å². The number of aliphatic hydroxyl groups is 2. The number of carbonyl (C=O) groups is 1. The van der Waals surface area contributed by atoms with Crippen LogP contribution in [0.2, 0.25) is 0 Å². The Morgan fingerprint density at radius 3 is 2.41 bits per heavy atom. The van der Waals surface area contributed by atoms with Crippen molar-refractivity contribution < 1.29 is 59.2 Å². The van der Waals surface area contributed by atoms with Gasteiger partial charge in [0.25, 0.3) is 0 Å². The standard InChI is InChI=1S/C24H26FNO5.Na/c1-14(2)26-21-9-7-18(28)12-20(21)24(15-3-5-16(25)6-4-15)22(26)10-8-17(27)11-19(29)13-23(30)31;/h3-10,12,14,17,19,27-29H,11,13H2,1-2H3,(H,30,31);/q;+1/p-1/b10-8+;. The number of halogens is 1. The van der Waals surface area contributed by atoms with Crippen molar-refractivity contribution in [2.45, 2.75) is 44.9 Å². The number of hydrogen-bond acceptors (Lipinski definition) is 4. The van der Waals surface area contributed by atoms with Gasteiger partial charge in [0.1, 0.15) is 5.82 Å². The Morgan fingerprint density at radius 1 is 1.16 bits per heavy atom. The van der Waals surface area contributed by atoms with Crippen molar-refractivity contribution in [3.63, 3.8) is 0 Å². The van der Waals surface area contributed by atoms with Gasteiger partial charge >= 0.3 is 35.5 Å². The molecule has 32 heavy (non-hydrogen) atoms. The first-order valence-electron chi connectivity index (χ1n) is 10.0. The summed E-state index contributed by atoms with van der Waals surface area (Å²) < 4.78 is 15.5. The predicted octanol–water partition coefficient (Wildman–Crippen LogP) is 0.706. The minimum absolute atomic E-state index is 0.